The van der Waals surface area contributed by atoms with Gasteiger partial charge in [-0.25, -0.2) is 19.7 Å². The number of nitrogens with one attached hydrogen (secondary N) is 1. The van der Waals surface area contributed by atoms with Crippen LogP contribution in [0.1, 0.15) is 43.7 Å². The summed E-state index contributed by atoms with van der Waals surface area (Å²) in [4.78, 5) is 39.4. The summed E-state index contributed by atoms with van der Waals surface area (Å²) >= 11 is 0. The Morgan fingerprint density at radius 3 is 2.62 bits per heavy atom. The zero-order valence-electron chi connectivity index (χ0n) is 24.2. The maximum absolute atomic E-state index is 12.5. The van der Waals surface area contributed by atoms with Crippen LogP contribution in [0.2, 0.25) is 0 Å². The molecule has 19 heteroatoms. The number of imidazole rings is 1. The Hall–Kier alpha value is -3.82. The van der Waals surface area contributed by atoms with Crippen molar-refractivity contribution in [3.63, 3.8) is 0 Å². The third-order valence-corrected chi connectivity index (χ3v) is 8.16. The first-order valence-electron chi connectivity index (χ1n) is 14.4. The minimum absolute atomic E-state index is 0.0106. The number of aromatic nitrogens is 6. The molecule has 2 aliphatic rings. The van der Waals surface area contributed by atoms with Crippen molar-refractivity contribution in [2.75, 3.05) is 24.6 Å². The fourth-order valence-electron chi connectivity index (χ4n) is 5.71. The minimum Gasteiger partial charge on any atom is -0.449 e. The van der Waals surface area contributed by atoms with E-state index in [-0.39, 0.29) is 43.4 Å². The second kappa shape index (κ2) is 14.1. The number of hydrogen-bond donors (Lipinski definition) is 8. The quantitative estimate of drug-likeness (QED) is 0.0641. The predicted molar refractivity (Wildman–Crippen MR) is 154 cm³/mol. The summed E-state index contributed by atoms with van der Waals surface area (Å²) in [6.45, 7) is 0.412. The summed E-state index contributed by atoms with van der Waals surface area (Å²) in [5.74, 6) is -0.0260. The molecular formula is C26H38N10O9. The van der Waals surface area contributed by atoms with Crippen molar-refractivity contribution in [1.82, 2.24) is 34.4 Å². The number of nitrogens with two attached hydrogens (primary N) is 3. The van der Waals surface area contributed by atoms with E-state index in [0.29, 0.717) is 36.1 Å². The molecule has 2 saturated heterocycles. The van der Waals surface area contributed by atoms with E-state index in [0.717, 1.165) is 0 Å². The van der Waals surface area contributed by atoms with Crippen LogP contribution in [0.4, 0.5) is 11.6 Å². The van der Waals surface area contributed by atoms with Gasteiger partial charge in [0.1, 0.15) is 42.2 Å². The molecule has 19 nitrogen and oxygen atoms in total. The molecule has 45 heavy (non-hydrogen) atoms. The Labute approximate surface area is 256 Å². The van der Waals surface area contributed by atoms with Crippen molar-refractivity contribution >= 4 is 29.3 Å². The van der Waals surface area contributed by atoms with Gasteiger partial charge in [0.15, 0.2) is 23.9 Å². The maximum atomic E-state index is 12.5. The fraction of sp³-hybridized carbons (Fsp3) is 0.615. The molecular weight excluding hydrogens is 596 g/mol. The summed E-state index contributed by atoms with van der Waals surface area (Å²) in [7, 11) is 0. The first-order valence-corrected chi connectivity index (χ1v) is 14.4. The van der Waals surface area contributed by atoms with Crippen molar-refractivity contribution in [3.8, 4) is 0 Å². The number of anilines is 2. The van der Waals surface area contributed by atoms with Gasteiger partial charge in [-0.2, -0.15) is 4.98 Å². The van der Waals surface area contributed by atoms with Gasteiger partial charge in [-0.1, -0.05) is 0 Å². The summed E-state index contributed by atoms with van der Waals surface area (Å²) in [5.41, 5.74) is 18.3. The number of hydrogen-bond acceptors (Lipinski definition) is 17. The molecule has 1 unspecified atom stereocenters. The number of aliphatic hydroxyl groups excluding tert-OH is 4. The van der Waals surface area contributed by atoms with Crippen LogP contribution in [0.5, 0.6) is 0 Å². The third-order valence-electron chi connectivity index (χ3n) is 8.16. The van der Waals surface area contributed by atoms with Gasteiger partial charge in [0, 0.05) is 24.7 Å². The van der Waals surface area contributed by atoms with E-state index in [2.05, 4.69) is 25.3 Å². The van der Waals surface area contributed by atoms with Crippen LogP contribution < -0.4 is 28.2 Å². The molecule has 0 spiro atoms. The van der Waals surface area contributed by atoms with Crippen LogP contribution in [0.3, 0.4) is 0 Å². The van der Waals surface area contributed by atoms with Crippen LogP contribution >= 0.6 is 0 Å². The summed E-state index contributed by atoms with van der Waals surface area (Å²) in [6.07, 6.45) is -2.44. The SMILES string of the molecule is Nc1nc(=O)n([C@H]2C[C@H](O)[C@@H](CO)O2)cc1CNCC(CC[C@H](N)OC=O)C[C@H]1O[C@@H](n2cnc3c(N)ncnc32)[C@H](O)[C@@H]1O. The molecule has 3 aromatic heterocycles. The third kappa shape index (κ3) is 7.05. The first kappa shape index (κ1) is 32.6. The van der Waals surface area contributed by atoms with Crippen molar-refractivity contribution < 1.29 is 39.4 Å². The van der Waals surface area contributed by atoms with Crippen LogP contribution in [0.15, 0.2) is 23.6 Å². The van der Waals surface area contributed by atoms with E-state index in [1.165, 1.54) is 28.0 Å². The smallest absolute Gasteiger partial charge is 0.351 e. The summed E-state index contributed by atoms with van der Waals surface area (Å²) in [6, 6.07) is 0. The van der Waals surface area contributed by atoms with Gasteiger partial charge in [-0.15, -0.1) is 0 Å². The highest BCUT2D eigenvalue weighted by molar-refractivity contribution is 5.81. The highest BCUT2D eigenvalue weighted by Gasteiger charge is 2.45. The molecule has 5 rings (SSSR count). The Bertz CT molecular complexity index is 1520. The molecule has 5 heterocycles. The fourth-order valence-corrected chi connectivity index (χ4v) is 5.71. The highest BCUT2D eigenvalue weighted by atomic mass is 16.6. The molecule has 0 aliphatic carbocycles. The molecule has 0 bridgehead atoms. The number of fused-ring (bicyclic) bond motifs is 1. The van der Waals surface area contributed by atoms with E-state index in [4.69, 9.17) is 31.4 Å². The average Bonchev–Trinajstić information content (AvgIpc) is 3.69. The number of aliphatic hydroxyl groups is 4. The predicted octanol–water partition coefficient (Wildman–Crippen LogP) is -3.16. The van der Waals surface area contributed by atoms with Crippen LogP contribution in [0.25, 0.3) is 11.2 Å². The van der Waals surface area contributed by atoms with Gasteiger partial charge in [-0.05, 0) is 31.7 Å². The molecule has 9 atom stereocenters. The van der Waals surface area contributed by atoms with Crippen molar-refractivity contribution in [3.05, 3.63) is 34.9 Å². The molecule has 11 N–H and O–H groups in total. The zero-order valence-corrected chi connectivity index (χ0v) is 24.2. The van der Waals surface area contributed by atoms with E-state index in [1.54, 1.807) is 0 Å². The second-order valence-corrected chi connectivity index (χ2v) is 11.2. The van der Waals surface area contributed by atoms with Gasteiger partial charge in [0.2, 0.25) is 0 Å². The zero-order chi connectivity index (χ0) is 32.2. The lowest BCUT2D eigenvalue weighted by Crippen LogP contribution is -2.35. The number of nitrogens with zero attached hydrogens (tertiary/aromatic N) is 6. The number of carbonyl (C=O) groups excluding carboxylic acids is 1. The van der Waals surface area contributed by atoms with Crippen LogP contribution in [-0.4, -0.2) is 106 Å². The molecule has 0 aromatic carbocycles. The van der Waals surface area contributed by atoms with E-state index in [9.17, 15) is 30.0 Å². The van der Waals surface area contributed by atoms with Crippen molar-refractivity contribution in [2.24, 2.45) is 11.7 Å². The Morgan fingerprint density at radius 1 is 1.09 bits per heavy atom. The van der Waals surface area contributed by atoms with E-state index < -0.39 is 61.5 Å². The summed E-state index contributed by atoms with van der Waals surface area (Å²) in [5, 5.41) is 44.6. The molecule has 0 amide bonds. The number of carbonyl (C=O) groups is 1. The highest BCUT2D eigenvalue weighted by Crippen LogP contribution is 2.35. The average molecular weight is 635 g/mol. The number of ether oxygens (including phenoxy) is 3. The summed E-state index contributed by atoms with van der Waals surface area (Å²) < 4.78 is 19.2. The van der Waals surface area contributed by atoms with E-state index in [1.807, 2.05) is 0 Å². The second-order valence-electron chi connectivity index (χ2n) is 11.2. The lowest BCUT2D eigenvalue weighted by Gasteiger charge is -2.24. The first-order chi connectivity index (χ1) is 21.6. The normalized spacial score (nSPS) is 28.0. The number of nitrogen functional groups attached to an aromatic ring is 2. The molecule has 0 saturated carbocycles. The van der Waals surface area contributed by atoms with Gasteiger partial charge < -0.3 is 51.4 Å². The van der Waals surface area contributed by atoms with Gasteiger partial charge in [0.25, 0.3) is 6.47 Å². The van der Waals surface area contributed by atoms with Crippen LogP contribution in [-0.2, 0) is 25.5 Å². The van der Waals surface area contributed by atoms with Crippen molar-refractivity contribution in [2.45, 2.75) is 81.4 Å². The Balaban J connectivity index is 1.27. The number of rotatable bonds is 14. The molecule has 2 fully saturated rings. The monoisotopic (exact) mass is 634 g/mol. The van der Waals surface area contributed by atoms with Crippen LogP contribution in [0, 0.1) is 5.92 Å². The lowest BCUT2D eigenvalue weighted by atomic mass is 9.93. The van der Waals surface area contributed by atoms with E-state index >= 15 is 0 Å². The standard InChI is InChI=1S/C26H38N10O9/c27-17(43-11-38)2-1-12(3-15-20(40)21(41)25(45-15)36-10-33-19-23(29)31-9-32-24(19)36)5-30-6-13-7-35(26(42)34-22(13)28)18-4-14(39)16(8-37)44-18/h7,9-12,14-18,20-21,25,30,37,39-41H,1-6,8,27H2,(H2,28,34,42)(H2,29,31,32)/t12?,14-,15+,16+,17+,18+,20+,21+,25+/m0/s1. The largest absolute Gasteiger partial charge is 0.449 e. The minimum atomic E-state index is -1.30. The molecule has 246 valence electrons. The Morgan fingerprint density at radius 2 is 1.89 bits per heavy atom. The maximum Gasteiger partial charge on any atom is 0.351 e. The van der Waals surface area contributed by atoms with Gasteiger partial charge >= 0.3 is 5.69 Å². The molecule has 3 aromatic rings. The lowest BCUT2D eigenvalue weighted by molar-refractivity contribution is -0.133. The molecule has 2 aliphatic heterocycles. The topological polar surface area (TPSA) is 294 Å². The van der Waals surface area contributed by atoms with Gasteiger partial charge in [0.05, 0.1) is 25.1 Å². The molecule has 0 radical (unpaired) electrons. The van der Waals surface area contributed by atoms with Crippen molar-refractivity contribution in [1.29, 1.82) is 0 Å². The van der Waals surface area contributed by atoms with Gasteiger partial charge in [-0.3, -0.25) is 19.7 Å². The Kier molecular flexibility index (Phi) is 10.2.